The Morgan fingerprint density at radius 1 is 0.389 bits per heavy atom. The highest BCUT2D eigenvalue weighted by Gasteiger charge is 2.19. The molecule has 0 N–H and O–H groups in total. The van der Waals surface area contributed by atoms with Crippen LogP contribution in [0.3, 0.4) is 0 Å². The van der Waals surface area contributed by atoms with Crippen LogP contribution in [-0.2, 0) is 28.6 Å². The van der Waals surface area contributed by atoms with E-state index in [2.05, 4.69) is 34.6 Å². The molecule has 0 aromatic rings. The summed E-state index contributed by atoms with van der Waals surface area (Å²) in [7, 11) is 0. The molecule has 320 valence electrons. The molecule has 0 rings (SSSR count). The van der Waals surface area contributed by atoms with E-state index < -0.39 is 6.10 Å². The molecule has 0 fully saturated rings. The summed E-state index contributed by atoms with van der Waals surface area (Å²) >= 11 is 0. The first kappa shape index (κ1) is 52.4. The normalized spacial score (nSPS) is 12.6. The molecule has 0 aliphatic heterocycles. The molecule has 0 aromatic carbocycles. The fourth-order valence-corrected chi connectivity index (χ4v) is 7.07. The molecule has 0 aliphatic rings. The second kappa shape index (κ2) is 41.1. The van der Waals surface area contributed by atoms with Crippen LogP contribution in [0.25, 0.3) is 0 Å². The molecule has 0 amide bonds. The van der Waals surface area contributed by atoms with Gasteiger partial charge in [0.05, 0.1) is 0 Å². The molecule has 0 aliphatic carbocycles. The zero-order valence-corrected chi connectivity index (χ0v) is 36.8. The second-order valence-electron chi connectivity index (χ2n) is 17.1. The van der Waals surface area contributed by atoms with Gasteiger partial charge in [-0.15, -0.1) is 0 Å². The minimum atomic E-state index is -0.759. The van der Waals surface area contributed by atoms with Crippen molar-refractivity contribution >= 4 is 17.9 Å². The molecule has 0 saturated carbocycles. The van der Waals surface area contributed by atoms with Gasteiger partial charge in [0.15, 0.2) is 6.10 Å². The number of carbonyl (C=O) groups excluding carboxylic acids is 3. The lowest BCUT2D eigenvalue weighted by Crippen LogP contribution is -2.30. The average molecular weight is 765 g/mol. The Labute approximate surface area is 336 Å². The number of carbonyl (C=O) groups is 3. The second-order valence-corrected chi connectivity index (χ2v) is 17.1. The Bertz CT molecular complexity index is 826. The lowest BCUT2D eigenvalue weighted by atomic mass is 9.99. The summed E-state index contributed by atoms with van der Waals surface area (Å²) in [5.74, 6) is 0.794. The Kier molecular flexibility index (Phi) is 39.8. The van der Waals surface area contributed by atoms with Crippen molar-refractivity contribution in [1.82, 2.24) is 0 Å². The minimum absolute atomic E-state index is 0.0665. The summed E-state index contributed by atoms with van der Waals surface area (Å²) in [4.78, 5) is 37.4. The van der Waals surface area contributed by atoms with Gasteiger partial charge < -0.3 is 14.2 Å². The quantitative estimate of drug-likeness (QED) is 0.0350. The smallest absolute Gasteiger partial charge is 0.306 e. The summed E-state index contributed by atoms with van der Waals surface area (Å²) in [6, 6.07) is 0. The van der Waals surface area contributed by atoms with Gasteiger partial charge in [0, 0.05) is 19.3 Å². The van der Waals surface area contributed by atoms with Crippen molar-refractivity contribution in [3.05, 3.63) is 0 Å². The van der Waals surface area contributed by atoms with Crippen LogP contribution in [0.15, 0.2) is 0 Å². The zero-order chi connectivity index (χ0) is 39.7. The molecule has 6 nitrogen and oxygen atoms in total. The zero-order valence-electron chi connectivity index (χ0n) is 36.8. The van der Waals surface area contributed by atoms with Gasteiger partial charge in [0.1, 0.15) is 13.2 Å². The molecule has 0 spiro atoms. The lowest BCUT2D eigenvalue weighted by Gasteiger charge is -2.18. The molecule has 54 heavy (non-hydrogen) atoms. The Hall–Kier alpha value is -1.59. The van der Waals surface area contributed by atoms with Crippen molar-refractivity contribution in [3.8, 4) is 0 Å². The van der Waals surface area contributed by atoms with Crippen LogP contribution < -0.4 is 0 Å². The molecule has 6 heteroatoms. The molecule has 0 saturated heterocycles. The van der Waals surface area contributed by atoms with E-state index in [0.717, 1.165) is 76.0 Å². The molecule has 2 atom stereocenters. The lowest BCUT2D eigenvalue weighted by molar-refractivity contribution is -0.167. The summed E-state index contributed by atoms with van der Waals surface area (Å²) in [5, 5.41) is 0. The van der Waals surface area contributed by atoms with Gasteiger partial charge in [-0.25, -0.2) is 0 Å². The van der Waals surface area contributed by atoms with Gasteiger partial charge in [-0.2, -0.15) is 0 Å². The van der Waals surface area contributed by atoms with Crippen LogP contribution in [0.1, 0.15) is 259 Å². The van der Waals surface area contributed by atoms with Crippen LogP contribution in [0.4, 0.5) is 0 Å². The van der Waals surface area contributed by atoms with Crippen molar-refractivity contribution in [2.45, 2.75) is 265 Å². The van der Waals surface area contributed by atoms with Gasteiger partial charge >= 0.3 is 17.9 Å². The number of ether oxygens (including phenoxy) is 3. The molecule has 0 heterocycles. The Morgan fingerprint density at radius 3 is 1.06 bits per heavy atom. The van der Waals surface area contributed by atoms with E-state index in [0.29, 0.717) is 19.3 Å². The van der Waals surface area contributed by atoms with Crippen LogP contribution in [0.5, 0.6) is 0 Å². The first-order valence-corrected chi connectivity index (χ1v) is 23.8. The van der Waals surface area contributed by atoms with Gasteiger partial charge in [0.2, 0.25) is 0 Å². The number of hydrogen-bond donors (Lipinski definition) is 0. The summed E-state index contributed by atoms with van der Waals surface area (Å²) in [6.07, 6.45) is 40.0. The summed E-state index contributed by atoms with van der Waals surface area (Å²) in [5.41, 5.74) is 0. The highest BCUT2D eigenvalue weighted by Crippen LogP contribution is 2.17. The van der Waals surface area contributed by atoms with E-state index in [9.17, 15) is 14.4 Å². The van der Waals surface area contributed by atoms with Crippen molar-refractivity contribution in [3.63, 3.8) is 0 Å². The third-order valence-electron chi connectivity index (χ3n) is 11.1. The first-order chi connectivity index (χ1) is 26.3. The molecule has 0 aromatic heterocycles. The SMILES string of the molecule is CCCCCCCC(=O)OC[C@@H](COC(=O)CCCCCCCCCCCCCCCCCCCCC(C)CC)OC(=O)CCCCCCCCC(C)C. The van der Waals surface area contributed by atoms with Crippen molar-refractivity contribution in [1.29, 1.82) is 0 Å². The monoisotopic (exact) mass is 765 g/mol. The van der Waals surface area contributed by atoms with Crippen LogP contribution in [0, 0.1) is 11.8 Å². The van der Waals surface area contributed by atoms with Gasteiger partial charge in [-0.05, 0) is 31.1 Å². The van der Waals surface area contributed by atoms with Crippen LogP contribution >= 0.6 is 0 Å². The van der Waals surface area contributed by atoms with Crippen LogP contribution in [-0.4, -0.2) is 37.2 Å². The van der Waals surface area contributed by atoms with Crippen molar-refractivity contribution in [2.75, 3.05) is 13.2 Å². The van der Waals surface area contributed by atoms with Gasteiger partial charge in [0.25, 0.3) is 0 Å². The fraction of sp³-hybridized carbons (Fsp3) is 0.938. The van der Waals surface area contributed by atoms with E-state index in [4.69, 9.17) is 14.2 Å². The maximum absolute atomic E-state index is 12.6. The fourth-order valence-electron chi connectivity index (χ4n) is 7.07. The van der Waals surface area contributed by atoms with E-state index in [1.54, 1.807) is 0 Å². The van der Waals surface area contributed by atoms with E-state index in [1.807, 2.05) is 0 Å². The average Bonchev–Trinajstić information content (AvgIpc) is 3.15. The molecule has 0 bridgehead atoms. The number of esters is 3. The van der Waals surface area contributed by atoms with Crippen molar-refractivity contribution < 1.29 is 28.6 Å². The summed E-state index contributed by atoms with van der Waals surface area (Å²) in [6.45, 7) is 11.2. The third kappa shape index (κ3) is 40.1. The maximum atomic E-state index is 12.6. The minimum Gasteiger partial charge on any atom is -0.462 e. The largest absolute Gasteiger partial charge is 0.462 e. The predicted octanol–water partition coefficient (Wildman–Crippen LogP) is 15.0. The van der Waals surface area contributed by atoms with E-state index in [1.165, 1.54) is 141 Å². The van der Waals surface area contributed by atoms with E-state index >= 15 is 0 Å². The number of hydrogen-bond acceptors (Lipinski definition) is 6. The molecular weight excluding hydrogens is 673 g/mol. The Balaban J connectivity index is 4.01. The maximum Gasteiger partial charge on any atom is 0.306 e. The summed E-state index contributed by atoms with van der Waals surface area (Å²) < 4.78 is 16.6. The first-order valence-electron chi connectivity index (χ1n) is 23.8. The standard InChI is InChI=1S/C48H92O6/c1-6-8-9-26-33-38-46(49)52-41-45(54-48(51)40-35-30-25-24-27-31-36-43(3)4)42-53-47(50)39-34-29-23-21-19-17-15-13-11-10-12-14-16-18-20-22-28-32-37-44(5)7-2/h43-45H,6-42H2,1-5H3/t44?,45-/m0/s1. The van der Waals surface area contributed by atoms with E-state index in [-0.39, 0.29) is 31.1 Å². The topological polar surface area (TPSA) is 78.9 Å². The molecule has 1 unspecified atom stereocenters. The highest BCUT2D eigenvalue weighted by atomic mass is 16.6. The number of unbranched alkanes of at least 4 members (excludes halogenated alkanes) is 26. The Morgan fingerprint density at radius 2 is 0.704 bits per heavy atom. The highest BCUT2D eigenvalue weighted by molar-refractivity contribution is 5.71. The van der Waals surface area contributed by atoms with Gasteiger partial charge in [-0.1, -0.05) is 221 Å². The number of rotatable bonds is 42. The van der Waals surface area contributed by atoms with Gasteiger partial charge in [-0.3, -0.25) is 14.4 Å². The molecule has 0 radical (unpaired) electrons. The molecular formula is C48H92O6. The van der Waals surface area contributed by atoms with Crippen molar-refractivity contribution in [2.24, 2.45) is 11.8 Å². The van der Waals surface area contributed by atoms with Crippen LogP contribution in [0.2, 0.25) is 0 Å². The predicted molar refractivity (Wildman–Crippen MR) is 229 cm³/mol. The third-order valence-corrected chi connectivity index (χ3v) is 11.1.